The highest BCUT2D eigenvalue weighted by Gasteiger charge is 2.36. The van der Waals surface area contributed by atoms with Crippen LogP contribution in [0.15, 0.2) is 54.6 Å². The van der Waals surface area contributed by atoms with Crippen molar-refractivity contribution in [3.63, 3.8) is 0 Å². The van der Waals surface area contributed by atoms with Gasteiger partial charge in [0.05, 0.1) is 39.0 Å². The first kappa shape index (κ1) is 26.5. The van der Waals surface area contributed by atoms with Gasteiger partial charge in [-0.3, -0.25) is 4.79 Å². The molecule has 0 saturated carbocycles. The first-order valence-corrected chi connectivity index (χ1v) is 10.6. The molecule has 10 heteroatoms. The minimum absolute atomic E-state index is 0.0683. The molecule has 190 valence electrons. The van der Waals surface area contributed by atoms with E-state index in [0.29, 0.717) is 34.3 Å². The zero-order chi connectivity index (χ0) is 26.6. The Balaban J connectivity index is 0.000000236. The van der Waals surface area contributed by atoms with Gasteiger partial charge in [-0.05, 0) is 49.4 Å². The van der Waals surface area contributed by atoms with Crippen LogP contribution in [0.5, 0.6) is 11.5 Å². The number of rotatable bonds is 4. The molecule has 0 atom stereocenters. The quantitative estimate of drug-likeness (QED) is 0.331. The van der Waals surface area contributed by atoms with Crippen LogP contribution in [0, 0.1) is 12.7 Å². The number of methoxy groups -OCH3 is 3. The van der Waals surface area contributed by atoms with Crippen molar-refractivity contribution in [1.82, 2.24) is 0 Å². The molecule has 0 N–H and O–H groups in total. The summed E-state index contributed by atoms with van der Waals surface area (Å²) in [7, 11) is 4.39. The van der Waals surface area contributed by atoms with Gasteiger partial charge >= 0.3 is 12.1 Å². The maximum absolute atomic E-state index is 13.7. The smallest absolute Gasteiger partial charge is 0.419 e. The van der Waals surface area contributed by atoms with Gasteiger partial charge in [0.15, 0.2) is 0 Å². The molecule has 4 rings (SSSR count). The van der Waals surface area contributed by atoms with Crippen molar-refractivity contribution in [3.8, 4) is 11.5 Å². The van der Waals surface area contributed by atoms with Gasteiger partial charge < -0.3 is 19.1 Å². The van der Waals surface area contributed by atoms with Crippen LogP contribution < -0.4 is 14.4 Å². The Hall–Kier alpha value is -4.08. The molecule has 0 saturated heterocycles. The lowest BCUT2D eigenvalue weighted by atomic mass is 10.1. The SMILES string of the molecule is COC(=O)c1cccc(OC)c1C.COc1cccc2c1CN(c1ccc(C(F)(F)F)c(F)c1)C2=O. The van der Waals surface area contributed by atoms with Crippen LogP contribution in [-0.4, -0.2) is 33.2 Å². The van der Waals surface area contributed by atoms with Crippen LogP contribution in [0.1, 0.15) is 37.4 Å². The van der Waals surface area contributed by atoms with E-state index in [-0.39, 0.29) is 18.2 Å². The lowest BCUT2D eigenvalue weighted by Crippen LogP contribution is -2.23. The molecule has 1 aliphatic rings. The zero-order valence-electron chi connectivity index (χ0n) is 19.9. The summed E-state index contributed by atoms with van der Waals surface area (Å²) < 4.78 is 66.4. The lowest BCUT2D eigenvalue weighted by Gasteiger charge is -2.17. The Morgan fingerprint density at radius 1 is 0.944 bits per heavy atom. The van der Waals surface area contributed by atoms with Gasteiger partial charge in [0.2, 0.25) is 0 Å². The van der Waals surface area contributed by atoms with Crippen LogP contribution >= 0.6 is 0 Å². The zero-order valence-corrected chi connectivity index (χ0v) is 19.9. The van der Waals surface area contributed by atoms with E-state index < -0.39 is 23.5 Å². The van der Waals surface area contributed by atoms with Gasteiger partial charge in [-0.25, -0.2) is 9.18 Å². The Bertz CT molecular complexity index is 1290. The fraction of sp³-hybridized carbons (Fsp3) is 0.231. The minimum atomic E-state index is -4.77. The van der Waals surface area contributed by atoms with Crippen LogP contribution in [0.25, 0.3) is 0 Å². The number of nitrogens with zero attached hydrogens (tertiary/aromatic N) is 1. The van der Waals surface area contributed by atoms with Gasteiger partial charge in [-0.15, -0.1) is 0 Å². The van der Waals surface area contributed by atoms with E-state index in [1.807, 2.05) is 13.0 Å². The van der Waals surface area contributed by atoms with Crippen molar-refractivity contribution in [1.29, 1.82) is 0 Å². The third kappa shape index (κ3) is 5.27. The second-order valence-corrected chi connectivity index (χ2v) is 7.66. The molecular weight excluding hydrogens is 482 g/mol. The van der Waals surface area contributed by atoms with E-state index in [9.17, 15) is 27.2 Å². The highest BCUT2D eigenvalue weighted by molar-refractivity contribution is 6.10. The summed E-state index contributed by atoms with van der Waals surface area (Å²) in [5, 5.41) is 0. The van der Waals surface area contributed by atoms with E-state index in [2.05, 4.69) is 4.74 Å². The topological polar surface area (TPSA) is 65.1 Å². The van der Waals surface area contributed by atoms with Crippen molar-refractivity contribution < 1.29 is 41.4 Å². The number of benzene rings is 3. The summed E-state index contributed by atoms with van der Waals surface area (Å²) in [5.41, 5.74) is 1.07. The number of esters is 1. The first-order chi connectivity index (χ1) is 17.0. The fourth-order valence-corrected chi connectivity index (χ4v) is 3.77. The van der Waals surface area contributed by atoms with Crippen molar-refractivity contribution in [3.05, 3.63) is 88.2 Å². The van der Waals surface area contributed by atoms with E-state index >= 15 is 0 Å². The average Bonchev–Trinajstić information content (AvgIpc) is 3.20. The maximum atomic E-state index is 13.7. The van der Waals surface area contributed by atoms with E-state index in [1.165, 1.54) is 19.1 Å². The summed E-state index contributed by atoms with van der Waals surface area (Å²) >= 11 is 0. The molecular formula is C26H23F4NO5. The summed E-state index contributed by atoms with van der Waals surface area (Å²) in [6, 6.07) is 12.7. The van der Waals surface area contributed by atoms with Crippen molar-refractivity contribution >= 4 is 17.6 Å². The highest BCUT2D eigenvalue weighted by Crippen LogP contribution is 2.37. The molecule has 0 radical (unpaired) electrons. The van der Waals surface area contributed by atoms with Gasteiger partial charge in [0.25, 0.3) is 5.91 Å². The number of anilines is 1. The lowest BCUT2D eigenvalue weighted by molar-refractivity contribution is -0.139. The summed E-state index contributed by atoms with van der Waals surface area (Å²) in [6.45, 7) is 1.94. The fourth-order valence-electron chi connectivity index (χ4n) is 3.77. The summed E-state index contributed by atoms with van der Waals surface area (Å²) in [5.74, 6) is -0.950. The number of ether oxygens (including phenoxy) is 3. The molecule has 0 aromatic heterocycles. The molecule has 0 fully saturated rings. The average molecular weight is 505 g/mol. The maximum Gasteiger partial charge on any atom is 0.419 e. The molecule has 1 amide bonds. The third-order valence-electron chi connectivity index (χ3n) is 5.62. The van der Waals surface area contributed by atoms with Crippen LogP contribution in [0.4, 0.5) is 23.2 Å². The Morgan fingerprint density at radius 3 is 2.17 bits per heavy atom. The second-order valence-electron chi connectivity index (χ2n) is 7.66. The monoisotopic (exact) mass is 505 g/mol. The number of hydrogen-bond donors (Lipinski definition) is 0. The van der Waals surface area contributed by atoms with Gasteiger partial charge in [-0.2, -0.15) is 13.2 Å². The van der Waals surface area contributed by atoms with Crippen LogP contribution in [-0.2, 0) is 17.5 Å². The molecule has 0 aliphatic carbocycles. The predicted molar refractivity (Wildman–Crippen MR) is 124 cm³/mol. The van der Waals surface area contributed by atoms with E-state index in [4.69, 9.17) is 9.47 Å². The Labute approximate surface area is 205 Å². The molecule has 0 unspecified atom stereocenters. The van der Waals surface area contributed by atoms with Crippen LogP contribution in [0.2, 0.25) is 0 Å². The molecule has 1 heterocycles. The number of fused-ring (bicyclic) bond motifs is 1. The Morgan fingerprint density at radius 2 is 1.58 bits per heavy atom. The molecule has 1 aliphatic heterocycles. The third-order valence-corrected chi connectivity index (χ3v) is 5.62. The molecule has 3 aromatic rings. The van der Waals surface area contributed by atoms with Crippen molar-refractivity contribution in [2.24, 2.45) is 0 Å². The second kappa shape index (κ2) is 10.7. The van der Waals surface area contributed by atoms with Gasteiger partial charge in [0, 0.05) is 22.4 Å². The molecule has 36 heavy (non-hydrogen) atoms. The van der Waals surface area contributed by atoms with Crippen LogP contribution in [0.3, 0.4) is 0 Å². The number of carbonyl (C=O) groups excluding carboxylic acids is 2. The number of amides is 1. The highest BCUT2D eigenvalue weighted by atomic mass is 19.4. The number of alkyl halides is 3. The van der Waals surface area contributed by atoms with Gasteiger partial charge in [0.1, 0.15) is 17.3 Å². The number of hydrogen-bond acceptors (Lipinski definition) is 5. The summed E-state index contributed by atoms with van der Waals surface area (Å²) in [6.07, 6.45) is -4.77. The molecule has 6 nitrogen and oxygen atoms in total. The van der Waals surface area contributed by atoms with E-state index in [1.54, 1.807) is 37.4 Å². The Kier molecular flexibility index (Phi) is 7.87. The summed E-state index contributed by atoms with van der Waals surface area (Å²) in [4.78, 5) is 24.8. The van der Waals surface area contributed by atoms with Gasteiger partial charge in [-0.1, -0.05) is 12.1 Å². The first-order valence-electron chi connectivity index (χ1n) is 10.6. The molecule has 0 spiro atoms. The largest absolute Gasteiger partial charge is 0.496 e. The van der Waals surface area contributed by atoms with E-state index in [0.717, 1.165) is 17.7 Å². The molecule has 3 aromatic carbocycles. The normalized spacial score (nSPS) is 12.4. The predicted octanol–water partition coefficient (Wildman–Crippen LogP) is 5.80. The standard InChI is InChI=1S/C16H11F4NO2.C10H12O3/c1-23-14-4-2-3-10-11(14)8-21(15(10)22)9-5-6-12(13(17)7-9)16(18,19)20;1-7-8(10(11)13-3)5-4-6-9(7)12-2/h2-7H,8H2,1H3;4-6H,1-3H3. The van der Waals surface area contributed by atoms with Crippen molar-refractivity contribution in [2.75, 3.05) is 26.2 Å². The van der Waals surface area contributed by atoms with Crippen molar-refractivity contribution in [2.45, 2.75) is 19.6 Å². The molecule has 0 bridgehead atoms. The number of halogens is 4. The minimum Gasteiger partial charge on any atom is -0.496 e. The number of carbonyl (C=O) groups is 2.